The molecule has 51 heavy (non-hydrogen) atoms. The number of urea groups is 1. The maximum absolute atomic E-state index is 14.1. The molecule has 0 radical (unpaired) electrons. The molecule has 7 rings (SSSR count). The summed E-state index contributed by atoms with van der Waals surface area (Å²) in [5.74, 6) is -0.406. The molecular formula is C36H45F3N8O4. The average molecular weight is 711 g/mol. The van der Waals surface area contributed by atoms with E-state index in [-0.39, 0.29) is 35.0 Å². The Morgan fingerprint density at radius 3 is 2.33 bits per heavy atom. The number of aromatic nitrogens is 2. The predicted octanol–water partition coefficient (Wildman–Crippen LogP) is 4.42. The van der Waals surface area contributed by atoms with Crippen LogP contribution in [0.4, 0.5) is 28.4 Å². The molecule has 1 aromatic heterocycles. The summed E-state index contributed by atoms with van der Waals surface area (Å²) < 4.78 is 48.1. The van der Waals surface area contributed by atoms with Gasteiger partial charge in [0.2, 0.25) is 0 Å². The highest BCUT2D eigenvalue weighted by Crippen LogP contribution is 2.35. The highest BCUT2D eigenvalue weighted by Gasteiger charge is 2.38. The highest BCUT2D eigenvalue weighted by molar-refractivity contribution is 5.91. The zero-order valence-corrected chi connectivity index (χ0v) is 28.8. The van der Waals surface area contributed by atoms with E-state index in [4.69, 9.17) is 4.74 Å². The second kappa shape index (κ2) is 14.7. The fraction of sp³-hybridized carbons (Fsp3) is 0.556. The minimum atomic E-state index is -4.65. The van der Waals surface area contributed by atoms with E-state index in [0.717, 1.165) is 56.3 Å². The SMILES string of the molecule is CN1CCN(C2CCN(C(=O)C(Cc3cc(C(F)(F)F)c4[nH]ncc4c3)OC(=O)N3CCC(N4CCc5ccccc5NC4=O)CC3)CC2)CC1. The number of alkyl halides is 3. The molecule has 0 spiro atoms. The number of nitrogens with zero attached hydrogens (tertiary/aromatic N) is 6. The van der Waals surface area contributed by atoms with E-state index < -0.39 is 29.8 Å². The number of halogens is 3. The van der Waals surface area contributed by atoms with Crippen molar-refractivity contribution in [3.63, 3.8) is 0 Å². The van der Waals surface area contributed by atoms with Gasteiger partial charge in [-0.1, -0.05) is 18.2 Å². The Morgan fingerprint density at radius 1 is 0.922 bits per heavy atom. The molecule has 274 valence electrons. The summed E-state index contributed by atoms with van der Waals surface area (Å²) in [7, 11) is 2.11. The number of rotatable bonds is 6. The topological polar surface area (TPSA) is 117 Å². The van der Waals surface area contributed by atoms with Gasteiger partial charge in [0.25, 0.3) is 5.91 Å². The van der Waals surface area contributed by atoms with Crippen LogP contribution in [0.25, 0.3) is 10.9 Å². The first-order chi connectivity index (χ1) is 24.5. The molecule has 5 heterocycles. The molecule has 1 atom stereocenters. The van der Waals surface area contributed by atoms with Crippen molar-refractivity contribution in [1.29, 1.82) is 0 Å². The number of ether oxygens (including phenoxy) is 1. The highest BCUT2D eigenvalue weighted by atomic mass is 19.4. The van der Waals surface area contributed by atoms with Gasteiger partial charge in [0, 0.05) is 88.5 Å². The molecule has 0 bridgehead atoms. The van der Waals surface area contributed by atoms with E-state index in [0.29, 0.717) is 58.0 Å². The summed E-state index contributed by atoms with van der Waals surface area (Å²) in [5.41, 5.74) is 1.08. The lowest BCUT2D eigenvalue weighted by molar-refractivity contribution is -0.142. The van der Waals surface area contributed by atoms with Crippen LogP contribution in [0.1, 0.15) is 42.4 Å². The minimum absolute atomic E-state index is 0.0788. The van der Waals surface area contributed by atoms with Gasteiger partial charge < -0.3 is 29.7 Å². The Hall–Kier alpha value is -4.37. The lowest BCUT2D eigenvalue weighted by atomic mass is 9.99. The van der Waals surface area contributed by atoms with E-state index in [9.17, 15) is 27.6 Å². The van der Waals surface area contributed by atoms with Crippen molar-refractivity contribution in [3.8, 4) is 0 Å². The number of para-hydroxylation sites is 1. The lowest BCUT2D eigenvalue weighted by Crippen LogP contribution is -2.54. The number of piperazine rings is 1. The first kappa shape index (κ1) is 35.1. The minimum Gasteiger partial charge on any atom is -0.436 e. The second-order valence-electron chi connectivity index (χ2n) is 14.2. The number of hydrogen-bond donors (Lipinski definition) is 2. The Morgan fingerprint density at radius 2 is 1.61 bits per heavy atom. The number of nitrogens with one attached hydrogen (secondary N) is 2. The van der Waals surface area contributed by atoms with Crippen molar-refractivity contribution in [2.45, 2.75) is 62.9 Å². The van der Waals surface area contributed by atoms with Crippen molar-refractivity contribution in [2.24, 2.45) is 0 Å². The van der Waals surface area contributed by atoms with Crippen LogP contribution in [0.15, 0.2) is 42.6 Å². The maximum atomic E-state index is 14.1. The van der Waals surface area contributed by atoms with Crippen LogP contribution in [0.3, 0.4) is 0 Å². The first-order valence-corrected chi connectivity index (χ1v) is 17.9. The molecule has 3 saturated heterocycles. The van der Waals surface area contributed by atoms with Crippen LogP contribution in [0.5, 0.6) is 0 Å². The molecule has 2 N–H and O–H groups in total. The number of aromatic amines is 1. The van der Waals surface area contributed by atoms with Crippen molar-refractivity contribution in [3.05, 3.63) is 59.3 Å². The van der Waals surface area contributed by atoms with Crippen molar-refractivity contribution in [2.75, 3.05) is 71.3 Å². The third-order valence-corrected chi connectivity index (χ3v) is 11.0. The summed E-state index contributed by atoms with van der Waals surface area (Å²) in [6, 6.07) is 10.4. The zero-order chi connectivity index (χ0) is 35.7. The number of likely N-dealkylation sites (N-methyl/N-ethyl adjacent to an activating group) is 1. The summed E-state index contributed by atoms with van der Waals surface area (Å²) >= 11 is 0. The van der Waals surface area contributed by atoms with E-state index in [1.54, 1.807) is 11.0 Å². The van der Waals surface area contributed by atoms with E-state index in [1.807, 2.05) is 29.2 Å². The molecule has 1 unspecified atom stereocenters. The fourth-order valence-corrected chi connectivity index (χ4v) is 7.99. The summed E-state index contributed by atoms with van der Waals surface area (Å²) in [4.78, 5) is 50.6. The number of amides is 4. The maximum Gasteiger partial charge on any atom is 0.418 e. The molecular weight excluding hydrogens is 665 g/mol. The first-order valence-electron chi connectivity index (χ1n) is 17.9. The Bertz CT molecular complexity index is 1730. The fourth-order valence-electron chi connectivity index (χ4n) is 7.99. The third kappa shape index (κ3) is 7.78. The van der Waals surface area contributed by atoms with E-state index in [2.05, 4.69) is 32.4 Å². The predicted molar refractivity (Wildman–Crippen MR) is 184 cm³/mol. The molecule has 15 heteroatoms. The number of fused-ring (bicyclic) bond motifs is 2. The average Bonchev–Trinajstić information content (AvgIpc) is 3.53. The monoisotopic (exact) mass is 710 g/mol. The molecule has 12 nitrogen and oxygen atoms in total. The zero-order valence-electron chi connectivity index (χ0n) is 28.8. The number of anilines is 1. The van der Waals surface area contributed by atoms with Gasteiger partial charge in [-0.2, -0.15) is 18.3 Å². The third-order valence-electron chi connectivity index (χ3n) is 11.0. The Kier molecular flexibility index (Phi) is 10.1. The number of carbonyl (C=O) groups excluding carboxylic acids is 3. The van der Waals surface area contributed by atoms with Crippen LogP contribution >= 0.6 is 0 Å². The molecule has 4 aliphatic rings. The number of H-pyrrole nitrogens is 1. The number of benzene rings is 2. The van der Waals surface area contributed by atoms with Crippen LogP contribution < -0.4 is 5.32 Å². The molecule has 4 amide bonds. The second-order valence-corrected chi connectivity index (χ2v) is 14.2. The molecule has 3 fully saturated rings. The van der Waals surface area contributed by atoms with Crippen LogP contribution in [0.2, 0.25) is 0 Å². The molecule has 3 aromatic rings. The molecule has 0 saturated carbocycles. The van der Waals surface area contributed by atoms with Gasteiger partial charge in [0.15, 0.2) is 6.10 Å². The standard InChI is InChI=1S/C36H45F3N8O4/c1-43-16-18-44(19-17-43)27-7-11-45(12-8-27)33(48)31(22-24-20-26-23-40-42-32(26)29(21-24)36(37,38)39)51-35(50)46-13-9-28(10-14-46)47-15-6-25-4-2-3-5-30(25)41-34(47)49/h2-5,20-21,23,27-28,31H,6-19,22H2,1H3,(H,40,42)(H,41,49). The van der Waals surface area contributed by atoms with Crippen LogP contribution in [-0.2, 0) is 28.5 Å². The van der Waals surface area contributed by atoms with Gasteiger partial charge in [-0.05, 0) is 68.5 Å². The quantitative estimate of drug-likeness (QED) is 0.389. The molecule has 0 aliphatic carbocycles. The van der Waals surface area contributed by atoms with Gasteiger partial charge in [-0.3, -0.25) is 14.8 Å². The Balaban J connectivity index is 1.03. The van der Waals surface area contributed by atoms with Crippen molar-refractivity contribution < 1.29 is 32.3 Å². The number of piperidine rings is 2. The van der Waals surface area contributed by atoms with Gasteiger partial charge in [0.05, 0.1) is 17.3 Å². The largest absolute Gasteiger partial charge is 0.436 e. The summed E-state index contributed by atoms with van der Waals surface area (Å²) in [6.45, 7) is 6.08. The molecule has 4 aliphatic heterocycles. The van der Waals surface area contributed by atoms with Gasteiger partial charge in [0.1, 0.15) is 0 Å². The van der Waals surface area contributed by atoms with Crippen LogP contribution in [0, 0.1) is 0 Å². The van der Waals surface area contributed by atoms with E-state index in [1.165, 1.54) is 11.1 Å². The van der Waals surface area contributed by atoms with Gasteiger partial charge >= 0.3 is 18.3 Å². The number of likely N-dealkylation sites (tertiary alicyclic amines) is 2. The summed E-state index contributed by atoms with van der Waals surface area (Å²) in [5, 5.41) is 9.48. The number of hydrogen-bond acceptors (Lipinski definition) is 7. The van der Waals surface area contributed by atoms with Gasteiger partial charge in [-0.25, -0.2) is 9.59 Å². The van der Waals surface area contributed by atoms with Crippen molar-refractivity contribution >= 4 is 34.6 Å². The van der Waals surface area contributed by atoms with Crippen LogP contribution in [-0.4, -0.2) is 137 Å². The van der Waals surface area contributed by atoms with Crippen molar-refractivity contribution in [1.82, 2.24) is 34.7 Å². The lowest BCUT2D eigenvalue weighted by Gasteiger charge is -2.42. The van der Waals surface area contributed by atoms with E-state index >= 15 is 0 Å². The Labute approximate surface area is 294 Å². The smallest absolute Gasteiger partial charge is 0.418 e. The number of carbonyl (C=O) groups is 3. The molecule has 2 aromatic carbocycles. The summed E-state index contributed by atoms with van der Waals surface area (Å²) in [6.07, 6.45) is -2.22. The normalized spacial score (nSPS) is 20.9. The van der Waals surface area contributed by atoms with Gasteiger partial charge in [-0.15, -0.1) is 0 Å².